The van der Waals surface area contributed by atoms with Crippen molar-refractivity contribution in [1.82, 2.24) is 25.3 Å². The first-order valence-electron chi connectivity index (χ1n) is 11.0. The van der Waals surface area contributed by atoms with Crippen LogP contribution in [0.1, 0.15) is 48.8 Å². The van der Waals surface area contributed by atoms with Crippen LogP contribution in [0, 0.1) is 13.8 Å². The maximum absolute atomic E-state index is 4.54. The van der Waals surface area contributed by atoms with Gasteiger partial charge in [-0.2, -0.15) is 5.10 Å². The summed E-state index contributed by atoms with van der Waals surface area (Å²) in [4.78, 5) is 7.03. The molecule has 0 fully saturated rings. The van der Waals surface area contributed by atoms with E-state index in [1.807, 2.05) is 18.8 Å². The molecule has 0 spiro atoms. The molecule has 1 aromatic heterocycles. The normalized spacial score (nSPS) is 15.8. The quantitative estimate of drug-likeness (QED) is 0.336. The summed E-state index contributed by atoms with van der Waals surface area (Å²) in [5, 5.41) is 11.6. The Morgan fingerprint density at radius 2 is 1.90 bits per heavy atom. The van der Waals surface area contributed by atoms with Crippen molar-refractivity contribution >= 4 is 29.9 Å². The van der Waals surface area contributed by atoms with E-state index in [1.54, 1.807) is 0 Å². The monoisotopic (exact) mass is 538 g/mol. The first-order valence-corrected chi connectivity index (χ1v) is 11.0. The molecule has 31 heavy (non-hydrogen) atoms. The Morgan fingerprint density at radius 1 is 1.23 bits per heavy atom. The summed E-state index contributed by atoms with van der Waals surface area (Å²) < 4.78 is 1.96. The Balaban J connectivity index is 0.00000341. The second kappa shape index (κ2) is 10.8. The minimum atomic E-state index is 0. The topological polar surface area (TPSA) is 57.5 Å². The van der Waals surface area contributed by atoms with Crippen LogP contribution in [-0.2, 0) is 26.4 Å². The van der Waals surface area contributed by atoms with Gasteiger partial charge < -0.3 is 10.6 Å². The molecule has 1 aliphatic heterocycles. The van der Waals surface area contributed by atoms with Gasteiger partial charge in [0.25, 0.3) is 0 Å². The fourth-order valence-corrected chi connectivity index (χ4v) is 4.32. The van der Waals surface area contributed by atoms with E-state index in [0.29, 0.717) is 0 Å². The zero-order chi connectivity index (χ0) is 21.9. The third kappa shape index (κ3) is 6.22. The Hall–Kier alpha value is -1.61. The van der Waals surface area contributed by atoms with Crippen LogP contribution in [-0.4, -0.2) is 52.4 Å². The van der Waals surface area contributed by atoms with Crippen LogP contribution in [0.4, 0.5) is 0 Å². The van der Waals surface area contributed by atoms with Crippen LogP contribution in [0.3, 0.4) is 0 Å². The predicted octanol–water partition coefficient (Wildman–Crippen LogP) is 3.59. The van der Waals surface area contributed by atoms with E-state index in [1.165, 1.54) is 22.4 Å². The van der Waals surface area contributed by atoms with Gasteiger partial charge in [0.2, 0.25) is 0 Å². The van der Waals surface area contributed by atoms with Crippen LogP contribution in [0.2, 0.25) is 0 Å². The number of fused-ring (bicyclic) bond motifs is 1. The van der Waals surface area contributed by atoms with Crippen LogP contribution >= 0.6 is 24.0 Å². The number of aromatic nitrogens is 2. The van der Waals surface area contributed by atoms with Gasteiger partial charge >= 0.3 is 0 Å². The van der Waals surface area contributed by atoms with Gasteiger partial charge in [0.15, 0.2) is 5.96 Å². The van der Waals surface area contributed by atoms with Crippen LogP contribution < -0.4 is 10.6 Å². The number of aliphatic imine (C=N–C) groups is 1. The molecular weight excluding hydrogens is 499 g/mol. The molecule has 0 bridgehead atoms. The maximum atomic E-state index is 4.54. The van der Waals surface area contributed by atoms with Crippen molar-refractivity contribution in [2.75, 3.05) is 20.1 Å². The SMILES string of the molecule is CN=C(NCC(C)(C)N1CCc2ccccc2C1)NC(C)Cc1c(C)nn(C)c1C.I. The highest BCUT2D eigenvalue weighted by atomic mass is 127. The second-order valence-electron chi connectivity index (χ2n) is 9.20. The molecule has 6 nitrogen and oxygen atoms in total. The van der Waals surface area contributed by atoms with Crippen molar-refractivity contribution in [1.29, 1.82) is 0 Å². The van der Waals surface area contributed by atoms with E-state index in [-0.39, 0.29) is 35.6 Å². The fraction of sp³-hybridized carbons (Fsp3) is 0.583. The number of benzene rings is 1. The van der Waals surface area contributed by atoms with Gasteiger partial charge in [0.05, 0.1) is 5.69 Å². The molecule has 2 heterocycles. The molecule has 2 aromatic rings. The standard InChI is InChI=1S/C24H38N6.HI/c1-17(14-22-18(2)28-29(7)19(22)3)27-23(25-6)26-16-24(4,5)30-13-12-20-10-8-9-11-21(20)15-30;/h8-11,17H,12-16H2,1-7H3,(H2,25,26,27);1H. The van der Waals surface area contributed by atoms with Crippen molar-refractivity contribution in [3.8, 4) is 0 Å². The summed E-state index contributed by atoms with van der Waals surface area (Å²) in [6.45, 7) is 14.0. The highest BCUT2D eigenvalue weighted by molar-refractivity contribution is 14.0. The van der Waals surface area contributed by atoms with Crippen LogP contribution in [0.5, 0.6) is 0 Å². The number of aryl methyl sites for hydroxylation is 2. The van der Waals surface area contributed by atoms with E-state index in [9.17, 15) is 0 Å². The molecule has 0 radical (unpaired) electrons. The van der Waals surface area contributed by atoms with Gasteiger partial charge in [0, 0.05) is 51.0 Å². The Kier molecular flexibility index (Phi) is 8.94. The first-order chi connectivity index (χ1) is 14.2. The van der Waals surface area contributed by atoms with Crippen LogP contribution in [0.15, 0.2) is 29.3 Å². The average molecular weight is 539 g/mol. The highest BCUT2D eigenvalue weighted by Gasteiger charge is 2.30. The van der Waals surface area contributed by atoms with Crippen molar-refractivity contribution in [3.05, 3.63) is 52.3 Å². The Labute approximate surface area is 204 Å². The zero-order valence-electron chi connectivity index (χ0n) is 20.1. The van der Waals surface area contributed by atoms with Crippen molar-refractivity contribution in [3.63, 3.8) is 0 Å². The Morgan fingerprint density at radius 3 is 2.52 bits per heavy atom. The highest BCUT2D eigenvalue weighted by Crippen LogP contribution is 2.25. The Bertz CT molecular complexity index is 901. The smallest absolute Gasteiger partial charge is 0.191 e. The third-order valence-corrected chi connectivity index (χ3v) is 6.45. The molecule has 7 heteroatoms. The number of guanidine groups is 1. The third-order valence-electron chi connectivity index (χ3n) is 6.45. The summed E-state index contributed by atoms with van der Waals surface area (Å²) in [6, 6.07) is 9.08. The van der Waals surface area contributed by atoms with Crippen molar-refractivity contribution in [2.45, 2.75) is 65.6 Å². The van der Waals surface area contributed by atoms with E-state index >= 15 is 0 Å². The second-order valence-corrected chi connectivity index (χ2v) is 9.20. The van der Waals surface area contributed by atoms with Crippen LogP contribution in [0.25, 0.3) is 0 Å². The van der Waals surface area contributed by atoms with Gasteiger partial charge in [-0.05, 0) is 64.2 Å². The minimum absolute atomic E-state index is 0. The number of nitrogens with zero attached hydrogens (tertiary/aromatic N) is 4. The van der Waals surface area contributed by atoms with E-state index < -0.39 is 0 Å². The van der Waals surface area contributed by atoms with Gasteiger partial charge in [-0.15, -0.1) is 24.0 Å². The molecule has 2 N–H and O–H groups in total. The number of hydrogen-bond acceptors (Lipinski definition) is 3. The molecule has 0 amide bonds. The van der Waals surface area contributed by atoms with Gasteiger partial charge in [0.1, 0.15) is 0 Å². The zero-order valence-corrected chi connectivity index (χ0v) is 22.4. The first kappa shape index (κ1) is 25.6. The molecule has 3 rings (SSSR count). The lowest BCUT2D eigenvalue weighted by Gasteiger charge is -2.42. The molecule has 1 unspecified atom stereocenters. The van der Waals surface area contributed by atoms with Gasteiger partial charge in [-0.3, -0.25) is 14.6 Å². The number of rotatable bonds is 6. The van der Waals surface area contributed by atoms with E-state index in [4.69, 9.17) is 0 Å². The lowest BCUT2D eigenvalue weighted by atomic mass is 9.94. The van der Waals surface area contributed by atoms with Crippen molar-refractivity contribution < 1.29 is 0 Å². The lowest BCUT2D eigenvalue weighted by molar-refractivity contribution is 0.107. The lowest BCUT2D eigenvalue weighted by Crippen LogP contribution is -2.55. The molecular formula is C24H39IN6. The number of nitrogens with one attached hydrogen (secondary N) is 2. The molecule has 1 aromatic carbocycles. The summed E-state index contributed by atoms with van der Waals surface area (Å²) in [7, 11) is 3.85. The molecule has 0 aliphatic carbocycles. The molecule has 1 aliphatic rings. The summed E-state index contributed by atoms with van der Waals surface area (Å²) in [5.74, 6) is 0.854. The maximum Gasteiger partial charge on any atom is 0.191 e. The average Bonchev–Trinajstić information content (AvgIpc) is 2.96. The molecule has 0 saturated carbocycles. The summed E-state index contributed by atoms with van der Waals surface area (Å²) in [5.41, 5.74) is 6.64. The van der Waals surface area contributed by atoms with Gasteiger partial charge in [-0.1, -0.05) is 24.3 Å². The number of hydrogen-bond donors (Lipinski definition) is 2. The minimum Gasteiger partial charge on any atom is -0.355 e. The molecule has 0 saturated heterocycles. The largest absolute Gasteiger partial charge is 0.355 e. The van der Waals surface area contributed by atoms with E-state index in [0.717, 1.165) is 44.1 Å². The number of halogens is 1. The van der Waals surface area contributed by atoms with E-state index in [2.05, 4.69) is 84.5 Å². The summed E-state index contributed by atoms with van der Waals surface area (Å²) >= 11 is 0. The van der Waals surface area contributed by atoms with Gasteiger partial charge in [-0.25, -0.2) is 0 Å². The summed E-state index contributed by atoms with van der Waals surface area (Å²) in [6.07, 6.45) is 2.05. The fourth-order valence-electron chi connectivity index (χ4n) is 4.32. The predicted molar refractivity (Wildman–Crippen MR) is 140 cm³/mol. The molecule has 1 atom stereocenters. The van der Waals surface area contributed by atoms with Crippen molar-refractivity contribution in [2.24, 2.45) is 12.0 Å². The molecule has 172 valence electrons.